The SMILES string of the molecule is O=C[C@@H]1CC1CN1CCN(c2csc3cc(C(F)(F)F)ccc23)CC1.OC[C@@H]1CC1CN1CCN(c2csc3cc(C(F)(F)F)ccc23)CC1. The largest absolute Gasteiger partial charge is 0.416 e. The molecule has 6 nitrogen and oxygen atoms in total. The molecular weight excluding hydrogens is 699 g/mol. The van der Waals surface area contributed by atoms with Crippen LogP contribution in [0.15, 0.2) is 47.2 Å². The second kappa shape index (κ2) is 14.3. The van der Waals surface area contributed by atoms with Crippen molar-refractivity contribution >= 4 is 60.5 Å². The molecule has 14 heteroatoms. The van der Waals surface area contributed by atoms with Gasteiger partial charge < -0.3 is 19.7 Å². The molecule has 0 amide bonds. The summed E-state index contributed by atoms with van der Waals surface area (Å²) in [4.78, 5) is 20.1. The Kier molecular flexibility index (Phi) is 10.1. The Morgan fingerprint density at radius 1 is 0.660 bits per heavy atom. The average molecular weight is 739 g/mol. The minimum absolute atomic E-state index is 0.252. The van der Waals surface area contributed by atoms with E-state index < -0.39 is 23.5 Å². The lowest BCUT2D eigenvalue weighted by Gasteiger charge is -2.36. The molecule has 2 aromatic heterocycles. The summed E-state index contributed by atoms with van der Waals surface area (Å²) in [6, 6.07) is 8.04. The molecule has 0 radical (unpaired) electrons. The molecular formula is C36H40F6N4O2S2. The molecule has 270 valence electrons. The van der Waals surface area contributed by atoms with Gasteiger partial charge in [0.2, 0.25) is 0 Å². The van der Waals surface area contributed by atoms with E-state index >= 15 is 0 Å². The van der Waals surface area contributed by atoms with E-state index in [0.29, 0.717) is 33.8 Å². The number of rotatable bonds is 8. The van der Waals surface area contributed by atoms with E-state index in [4.69, 9.17) is 5.11 Å². The van der Waals surface area contributed by atoms with Gasteiger partial charge in [0.15, 0.2) is 0 Å². The smallest absolute Gasteiger partial charge is 0.396 e. The molecule has 4 fully saturated rings. The van der Waals surface area contributed by atoms with Crippen molar-refractivity contribution in [3.63, 3.8) is 0 Å². The van der Waals surface area contributed by atoms with Crippen molar-refractivity contribution in [3.8, 4) is 0 Å². The first kappa shape index (κ1) is 35.5. The molecule has 0 bridgehead atoms. The summed E-state index contributed by atoms with van der Waals surface area (Å²) < 4.78 is 78.5. The monoisotopic (exact) mass is 738 g/mol. The van der Waals surface area contributed by atoms with Crippen LogP contribution in [0.1, 0.15) is 24.0 Å². The van der Waals surface area contributed by atoms with Gasteiger partial charge in [-0.15, -0.1) is 22.7 Å². The minimum Gasteiger partial charge on any atom is -0.396 e. The highest BCUT2D eigenvalue weighted by molar-refractivity contribution is 7.18. The predicted octanol–water partition coefficient (Wildman–Crippen LogP) is 7.55. The number of hydrogen-bond acceptors (Lipinski definition) is 8. The van der Waals surface area contributed by atoms with Crippen molar-refractivity contribution in [2.45, 2.75) is 25.2 Å². The van der Waals surface area contributed by atoms with Crippen LogP contribution in [0.25, 0.3) is 20.2 Å². The van der Waals surface area contributed by atoms with Crippen LogP contribution in [0.2, 0.25) is 0 Å². The van der Waals surface area contributed by atoms with Crippen molar-refractivity contribution in [1.82, 2.24) is 9.80 Å². The highest BCUT2D eigenvalue weighted by atomic mass is 32.1. The molecule has 2 unspecified atom stereocenters. The maximum atomic E-state index is 12.9. The van der Waals surface area contributed by atoms with Crippen molar-refractivity contribution in [2.24, 2.45) is 23.7 Å². The average Bonchev–Trinajstić information content (AvgIpc) is 3.94. The Morgan fingerprint density at radius 2 is 1.12 bits per heavy atom. The van der Waals surface area contributed by atoms with Gasteiger partial charge in [0.05, 0.1) is 22.5 Å². The second-order valence-corrected chi connectivity index (χ2v) is 15.8. The number of carbonyl (C=O) groups excluding carboxylic acids is 1. The molecule has 4 heterocycles. The molecule has 1 N–H and O–H groups in total. The molecule has 8 rings (SSSR count). The number of thiophene rings is 2. The molecule has 2 aliphatic carbocycles. The zero-order valence-corrected chi connectivity index (χ0v) is 29.1. The van der Waals surface area contributed by atoms with Crippen LogP contribution in [0, 0.1) is 23.7 Å². The van der Waals surface area contributed by atoms with Crippen molar-refractivity contribution < 1.29 is 36.2 Å². The summed E-state index contributed by atoms with van der Waals surface area (Å²) in [5.74, 6) is 1.90. The quantitative estimate of drug-likeness (QED) is 0.149. The van der Waals surface area contributed by atoms with Gasteiger partial charge in [0, 0.05) is 109 Å². The summed E-state index contributed by atoms with van der Waals surface area (Å²) in [6.07, 6.45) is -5.38. The number of hydrogen-bond donors (Lipinski definition) is 1. The van der Waals surface area contributed by atoms with Gasteiger partial charge in [-0.3, -0.25) is 9.80 Å². The van der Waals surface area contributed by atoms with E-state index in [1.54, 1.807) is 12.1 Å². The fourth-order valence-corrected chi connectivity index (χ4v) is 9.30. The summed E-state index contributed by atoms with van der Waals surface area (Å²) in [6.45, 7) is 9.64. The Labute approximate surface area is 294 Å². The number of aliphatic hydroxyl groups is 1. The van der Waals surface area contributed by atoms with Gasteiger partial charge in [-0.1, -0.05) is 12.1 Å². The number of aldehydes is 1. The number of anilines is 2. The van der Waals surface area contributed by atoms with Crippen LogP contribution in [0.4, 0.5) is 37.7 Å². The number of piperazine rings is 2. The van der Waals surface area contributed by atoms with E-state index in [2.05, 4.69) is 19.6 Å². The molecule has 2 saturated heterocycles. The molecule has 2 saturated carbocycles. The third-order valence-electron chi connectivity index (χ3n) is 10.6. The van der Waals surface area contributed by atoms with E-state index in [1.807, 2.05) is 10.8 Å². The summed E-state index contributed by atoms with van der Waals surface area (Å²) >= 11 is 2.75. The molecule has 4 aliphatic rings. The van der Waals surface area contributed by atoms with Crippen LogP contribution in [0.3, 0.4) is 0 Å². The van der Waals surface area contributed by atoms with Crippen molar-refractivity contribution in [2.75, 3.05) is 81.9 Å². The number of halogens is 6. The van der Waals surface area contributed by atoms with Crippen LogP contribution >= 0.6 is 22.7 Å². The fourth-order valence-electron chi connectivity index (χ4n) is 7.28. The number of benzene rings is 2. The van der Waals surface area contributed by atoms with Crippen molar-refractivity contribution in [1.29, 1.82) is 0 Å². The maximum absolute atomic E-state index is 12.9. The van der Waals surface area contributed by atoms with Gasteiger partial charge in [0.25, 0.3) is 0 Å². The summed E-state index contributed by atoms with van der Waals surface area (Å²) in [5, 5.41) is 14.9. The fraction of sp³-hybridized carbons (Fsp3) is 0.528. The predicted molar refractivity (Wildman–Crippen MR) is 187 cm³/mol. The lowest BCUT2D eigenvalue weighted by atomic mass is 10.1. The molecule has 4 aromatic rings. The van der Waals surface area contributed by atoms with Gasteiger partial charge in [0.1, 0.15) is 6.29 Å². The van der Waals surface area contributed by atoms with E-state index in [9.17, 15) is 31.1 Å². The van der Waals surface area contributed by atoms with Crippen LogP contribution in [0.5, 0.6) is 0 Å². The highest BCUT2D eigenvalue weighted by Gasteiger charge is 2.39. The second-order valence-electron chi connectivity index (χ2n) is 14.0. The molecule has 2 aromatic carbocycles. The Hall–Kier alpha value is -2.91. The lowest BCUT2D eigenvalue weighted by molar-refractivity contribution is -0.138. The third kappa shape index (κ3) is 7.94. The Bertz CT molecular complexity index is 1790. The zero-order valence-electron chi connectivity index (χ0n) is 27.4. The zero-order chi connectivity index (χ0) is 35.2. The van der Waals surface area contributed by atoms with Gasteiger partial charge in [-0.05, 0) is 54.9 Å². The minimum atomic E-state index is -4.30. The van der Waals surface area contributed by atoms with Gasteiger partial charge in [-0.25, -0.2) is 0 Å². The number of fused-ring (bicyclic) bond motifs is 2. The third-order valence-corrected chi connectivity index (χ3v) is 12.5. The highest BCUT2D eigenvalue weighted by Crippen LogP contribution is 2.42. The number of alkyl halides is 6. The normalized spacial score (nSPS) is 24.8. The van der Waals surface area contributed by atoms with Crippen molar-refractivity contribution in [3.05, 3.63) is 58.3 Å². The number of aliphatic hydroxyl groups excluding tert-OH is 1. The Morgan fingerprint density at radius 3 is 1.50 bits per heavy atom. The first-order chi connectivity index (χ1) is 23.9. The van der Waals surface area contributed by atoms with E-state index in [-0.39, 0.29) is 5.92 Å². The topological polar surface area (TPSA) is 50.3 Å². The summed E-state index contributed by atoms with van der Waals surface area (Å²) in [5.41, 5.74) is 0.909. The Balaban J connectivity index is 0.000000157. The molecule has 2 aliphatic heterocycles. The molecule has 4 atom stereocenters. The number of carbonyl (C=O) groups is 1. The standard InChI is InChI=1S/C18H21F3N2OS.C18H19F3N2OS/c2*19-18(20,21)14-1-2-15-16(11-25-17(15)8-14)23-5-3-22(4-6-23)9-12-7-13(12)10-24/h1-2,8,11-13,24H,3-7,9-10H2;1-2,8,10-13H,3-7,9H2/t2*12?,13-/m00/s1. The van der Waals surface area contributed by atoms with Gasteiger partial charge in [-0.2, -0.15) is 26.3 Å². The summed E-state index contributed by atoms with van der Waals surface area (Å²) in [7, 11) is 0. The van der Waals surface area contributed by atoms with E-state index in [0.717, 1.165) is 107 Å². The molecule has 0 spiro atoms. The first-order valence-electron chi connectivity index (χ1n) is 17.1. The number of nitrogens with zero attached hydrogens (tertiary/aromatic N) is 4. The maximum Gasteiger partial charge on any atom is 0.416 e. The molecule has 50 heavy (non-hydrogen) atoms. The van der Waals surface area contributed by atoms with Crippen LogP contribution < -0.4 is 9.80 Å². The van der Waals surface area contributed by atoms with E-state index in [1.165, 1.54) is 46.9 Å². The van der Waals surface area contributed by atoms with Crippen LogP contribution in [-0.2, 0) is 17.1 Å². The van der Waals surface area contributed by atoms with Gasteiger partial charge >= 0.3 is 12.4 Å². The van der Waals surface area contributed by atoms with Crippen LogP contribution in [-0.4, -0.2) is 93.2 Å². The lowest BCUT2D eigenvalue weighted by Crippen LogP contribution is -2.47. The first-order valence-corrected chi connectivity index (χ1v) is 18.8.